The quantitative estimate of drug-likeness (QED) is 0.161. The lowest BCUT2D eigenvalue weighted by atomic mass is 9.98. The van der Waals surface area contributed by atoms with Gasteiger partial charge < -0.3 is 5.32 Å². The van der Waals surface area contributed by atoms with E-state index < -0.39 is 0 Å². The van der Waals surface area contributed by atoms with E-state index in [-0.39, 0.29) is 0 Å². The molecule has 0 bridgehead atoms. The molecule has 0 atom stereocenters. The lowest BCUT2D eigenvalue weighted by Crippen LogP contribution is -2.07. The molecular formula is C39H29N5S2. The van der Waals surface area contributed by atoms with E-state index in [0.29, 0.717) is 23.3 Å². The normalized spacial score (nSPS) is 11.3. The van der Waals surface area contributed by atoms with Gasteiger partial charge in [0.15, 0.2) is 11.6 Å². The largest absolute Gasteiger partial charge is 0.325 e. The van der Waals surface area contributed by atoms with Crippen molar-refractivity contribution >= 4 is 54.5 Å². The van der Waals surface area contributed by atoms with Crippen LogP contribution in [0.4, 0.5) is 5.95 Å². The van der Waals surface area contributed by atoms with Gasteiger partial charge in [-0.25, -0.2) is 9.97 Å². The molecule has 0 radical (unpaired) electrons. The highest BCUT2D eigenvalue weighted by molar-refractivity contribution is 7.21. The Hall–Kier alpha value is -5.50. The molecule has 7 aromatic rings. The molecule has 0 amide bonds. The number of aryl methyl sites for hydroxylation is 1. The highest BCUT2D eigenvalue weighted by Crippen LogP contribution is 2.40. The SMILES string of the molecule is C=C/C=C\C(=C)Nc1nc(C(=C)c2c(C)sc3ccc(-c4cccc(-c5nc6ccccc6s5)c4)cc23)nc(-c2ccccc2)n1. The standard InChI is InChI=1S/C39H29N5S2/c1-5-6-13-24(2)40-39-43-36(42-37(44-39)27-14-8-7-9-15-27)25(3)35-26(4)45-33-21-20-29(23-31(33)35)28-16-12-17-30(22-28)38-41-32-18-10-11-19-34(32)46-38/h5-23H,1-3H2,4H3,(H,40,42,43,44)/b13-6-. The molecule has 5 nitrogen and oxygen atoms in total. The maximum atomic E-state index is 4.89. The van der Waals surface area contributed by atoms with Crippen molar-refractivity contribution in [2.45, 2.75) is 6.92 Å². The molecule has 0 aliphatic heterocycles. The summed E-state index contributed by atoms with van der Waals surface area (Å²) in [5.74, 6) is 1.45. The molecule has 0 saturated heterocycles. The Morgan fingerprint density at radius 1 is 0.717 bits per heavy atom. The van der Waals surface area contributed by atoms with Gasteiger partial charge in [-0.3, -0.25) is 0 Å². The predicted molar refractivity (Wildman–Crippen MR) is 196 cm³/mol. The van der Waals surface area contributed by atoms with Crippen LogP contribution in [-0.4, -0.2) is 19.9 Å². The molecular weight excluding hydrogens is 603 g/mol. The Morgan fingerprint density at radius 2 is 1.48 bits per heavy atom. The number of para-hydroxylation sites is 1. The number of allylic oxidation sites excluding steroid dienone is 3. The second-order valence-corrected chi connectivity index (χ2v) is 13.0. The summed E-state index contributed by atoms with van der Waals surface area (Å²) < 4.78 is 2.37. The molecule has 222 valence electrons. The number of aromatic nitrogens is 4. The highest BCUT2D eigenvalue weighted by Gasteiger charge is 2.19. The Kier molecular flexibility index (Phi) is 7.93. The summed E-state index contributed by atoms with van der Waals surface area (Å²) in [4.78, 5) is 20.4. The summed E-state index contributed by atoms with van der Waals surface area (Å²) in [7, 11) is 0. The number of fused-ring (bicyclic) bond motifs is 2. The smallest absolute Gasteiger partial charge is 0.231 e. The third-order valence-corrected chi connectivity index (χ3v) is 9.72. The molecule has 1 N–H and O–H groups in total. The lowest BCUT2D eigenvalue weighted by molar-refractivity contribution is 1.03. The summed E-state index contributed by atoms with van der Waals surface area (Å²) in [5, 5.41) is 5.33. The fourth-order valence-corrected chi connectivity index (χ4v) is 7.40. The maximum absolute atomic E-state index is 4.89. The zero-order valence-corrected chi connectivity index (χ0v) is 26.8. The van der Waals surface area contributed by atoms with Gasteiger partial charge in [-0.1, -0.05) is 98.6 Å². The van der Waals surface area contributed by atoms with Crippen LogP contribution in [0.3, 0.4) is 0 Å². The number of benzene rings is 4. The number of nitrogens with one attached hydrogen (secondary N) is 1. The average molecular weight is 632 g/mol. The molecule has 0 aliphatic carbocycles. The molecule has 0 fully saturated rings. The van der Waals surface area contributed by atoms with E-state index in [1.807, 2.05) is 48.6 Å². The number of hydrogen-bond donors (Lipinski definition) is 1. The van der Waals surface area contributed by atoms with E-state index in [0.717, 1.165) is 54.2 Å². The molecule has 0 spiro atoms. The number of rotatable bonds is 9. The van der Waals surface area contributed by atoms with Crippen LogP contribution in [0.15, 0.2) is 141 Å². The number of nitrogens with zero attached hydrogens (tertiary/aromatic N) is 4. The van der Waals surface area contributed by atoms with Crippen LogP contribution in [0.2, 0.25) is 0 Å². The summed E-state index contributed by atoms with van der Waals surface area (Å²) in [6.07, 6.45) is 5.32. The van der Waals surface area contributed by atoms with Crippen molar-refractivity contribution in [3.05, 3.63) is 157 Å². The molecule has 7 heteroatoms. The first-order valence-electron chi connectivity index (χ1n) is 14.7. The second kappa shape index (κ2) is 12.5. The Morgan fingerprint density at radius 3 is 2.30 bits per heavy atom. The van der Waals surface area contributed by atoms with Crippen molar-refractivity contribution in [2.24, 2.45) is 0 Å². The lowest BCUT2D eigenvalue weighted by Gasteiger charge is -2.12. The number of thiazole rings is 1. The topological polar surface area (TPSA) is 63.6 Å². The zero-order chi connectivity index (χ0) is 31.6. The molecule has 3 heterocycles. The van der Waals surface area contributed by atoms with Gasteiger partial charge in [-0.15, -0.1) is 22.7 Å². The van der Waals surface area contributed by atoms with Gasteiger partial charge in [0.1, 0.15) is 5.01 Å². The van der Waals surface area contributed by atoms with Gasteiger partial charge in [0.05, 0.1) is 10.2 Å². The van der Waals surface area contributed by atoms with Gasteiger partial charge in [-0.05, 0) is 54.5 Å². The van der Waals surface area contributed by atoms with Crippen LogP contribution >= 0.6 is 22.7 Å². The van der Waals surface area contributed by atoms with Crippen molar-refractivity contribution in [3.8, 4) is 33.1 Å². The summed E-state index contributed by atoms with van der Waals surface area (Å²) in [5.41, 5.74) is 7.67. The van der Waals surface area contributed by atoms with Crippen molar-refractivity contribution in [3.63, 3.8) is 0 Å². The number of hydrogen-bond acceptors (Lipinski definition) is 7. The van der Waals surface area contributed by atoms with Crippen LogP contribution in [-0.2, 0) is 0 Å². The highest BCUT2D eigenvalue weighted by atomic mass is 32.1. The fraction of sp³-hybridized carbons (Fsp3) is 0.0256. The van der Waals surface area contributed by atoms with Crippen molar-refractivity contribution in [1.82, 2.24) is 19.9 Å². The van der Waals surface area contributed by atoms with Crippen molar-refractivity contribution in [2.75, 3.05) is 5.32 Å². The minimum absolute atomic E-state index is 0.397. The van der Waals surface area contributed by atoms with Crippen LogP contribution in [0, 0.1) is 6.92 Å². The molecule has 46 heavy (non-hydrogen) atoms. The first-order chi connectivity index (χ1) is 22.5. The second-order valence-electron chi connectivity index (χ2n) is 10.7. The minimum atomic E-state index is 0.397. The third-order valence-electron chi connectivity index (χ3n) is 7.55. The summed E-state index contributed by atoms with van der Waals surface area (Å²) >= 11 is 3.46. The first kappa shape index (κ1) is 29.2. The van der Waals surface area contributed by atoms with E-state index in [2.05, 4.69) is 92.6 Å². The van der Waals surface area contributed by atoms with Gasteiger partial charge in [-0.2, -0.15) is 9.97 Å². The van der Waals surface area contributed by atoms with Gasteiger partial charge >= 0.3 is 0 Å². The zero-order valence-electron chi connectivity index (χ0n) is 25.2. The van der Waals surface area contributed by atoms with Gasteiger partial charge in [0.2, 0.25) is 5.95 Å². The molecule has 7 rings (SSSR count). The van der Waals surface area contributed by atoms with Crippen LogP contribution in [0.5, 0.6) is 0 Å². The van der Waals surface area contributed by atoms with Crippen LogP contribution in [0.25, 0.3) is 59.0 Å². The molecule has 0 unspecified atom stereocenters. The van der Waals surface area contributed by atoms with E-state index in [1.54, 1.807) is 28.7 Å². The Labute approximate surface area is 275 Å². The van der Waals surface area contributed by atoms with E-state index in [9.17, 15) is 0 Å². The minimum Gasteiger partial charge on any atom is -0.325 e. The Bertz CT molecular complexity index is 2280. The molecule has 0 saturated carbocycles. The summed E-state index contributed by atoms with van der Waals surface area (Å²) in [6.45, 7) is 14.5. The third kappa shape index (κ3) is 5.81. The van der Waals surface area contributed by atoms with Crippen LogP contribution in [0.1, 0.15) is 16.3 Å². The first-order valence-corrected chi connectivity index (χ1v) is 16.4. The predicted octanol–water partition coefficient (Wildman–Crippen LogP) is 10.7. The summed E-state index contributed by atoms with van der Waals surface area (Å²) in [6, 6.07) is 33.4. The monoisotopic (exact) mass is 631 g/mol. The fourth-order valence-electron chi connectivity index (χ4n) is 5.37. The molecule has 4 aromatic carbocycles. The Balaban J connectivity index is 1.29. The van der Waals surface area contributed by atoms with E-state index >= 15 is 0 Å². The molecule has 0 aliphatic rings. The van der Waals surface area contributed by atoms with Gasteiger partial charge in [0, 0.05) is 42.9 Å². The van der Waals surface area contributed by atoms with E-state index in [1.165, 1.54) is 9.40 Å². The average Bonchev–Trinajstić information content (AvgIpc) is 3.67. The van der Waals surface area contributed by atoms with E-state index in [4.69, 9.17) is 19.9 Å². The number of anilines is 1. The number of thiophene rings is 1. The van der Waals surface area contributed by atoms with Crippen molar-refractivity contribution < 1.29 is 0 Å². The van der Waals surface area contributed by atoms with Gasteiger partial charge in [0.25, 0.3) is 0 Å². The molecule has 3 aromatic heterocycles. The van der Waals surface area contributed by atoms with Crippen LogP contribution < -0.4 is 5.32 Å². The maximum Gasteiger partial charge on any atom is 0.231 e. The van der Waals surface area contributed by atoms with Crippen molar-refractivity contribution in [1.29, 1.82) is 0 Å².